The molecule has 13 heavy (non-hydrogen) atoms. The molecule has 0 aromatic carbocycles. The van der Waals surface area contributed by atoms with Crippen molar-refractivity contribution in [1.29, 1.82) is 0 Å². The standard InChI is InChI=1S/C9H8N4/c1-6-7-2-4-10-9(7)13-8(12-6)3-5-11-13/h2-5,10H,1H3. The summed E-state index contributed by atoms with van der Waals surface area (Å²) in [6, 6.07) is 3.91. The second-order valence-corrected chi connectivity index (χ2v) is 3.04. The van der Waals surface area contributed by atoms with Crippen molar-refractivity contribution in [2.45, 2.75) is 6.92 Å². The molecule has 0 radical (unpaired) electrons. The van der Waals surface area contributed by atoms with E-state index in [0.717, 1.165) is 22.4 Å². The van der Waals surface area contributed by atoms with Crippen LogP contribution >= 0.6 is 0 Å². The molecule has 4 heteroatoms. The van der Waals surface area contributed by atoms with E-state index in [-0.39, 0.29) is 0 Å². The van der Waals surface area contributed by atoms with Gasteiger partial charge in [0.15, 0.2) is 5.65 Å². The Morgan fingerprint density at radius 1 is 1.38 bits per heavy atom. The summed E-state index contributed by atoms with van der Waals surface area (Å²) >= 11 is 0. The number of rotatable bonds is 0. The van der Waals surface area contributed by atoms with E-state index in [2.05, 4.69) is 15.1 Å². The summed E-state index contributed by atoms with van der Waals surface area (Å²) < 4.78 is 1.81. The van der Waals surface area contributed by atoms with Crippen LogP contribution in [0.1, 0.15) is 5.69 Å². The van der Waals surface area contributed by atoms with E-state index < -0.39 is 0 Å². The highest BCUT2D eigenvalue weighted by molar-refractivity contribution is 5.80. The number of H-pyrrole nitrogens is 1. The van der Waals surface area contributed by atoms with E-state index >= 15 is 0 Å². The maximum atomic E-state index is 4.42. The number of hydrogen-bond acceptors (Lipinski definition) is 2. The topological polar surface area (TPSA) is 46.0 Å². The molecule has 64 valence electrons. The van der Waals surface area contributed by atoms with Crippen LogP contribution in [0.5, 0.6) is 0 Å². The van der Waals surface area contributed by atoms with Crippen molar-refractivity contribution in [3.8, 4) is 0 Å². The van der Waals surface area contributed by atoms with Gasteiger partial charge in [-0.05, 0) is 13.0 Å². The molecule has 0 aliphatic carbocycles. The Morgan fingerprint density at radius 2 is 2.31 bits per heavy atom. The van der Waals surface area contributed by atoms with Gasteiger partial charge >= 0.3 is 0 Å². The molecule has 3 aromatic rings. The molecule has 0 amide bonds. The molecular formula is C9H8N4. The van der Waals surface area contributed by atoms with Crippen molar-refractivity contribution >= 4 is 16.7 Å². The first-order chi connectivity index (χ1) is 6.36. The molecule has 1 N–H and O–H groups in total. The Balaban J connectivity index is 2.70. The number of hydrogen-bond donors (Lipinski definition) is 1. The molecule has 4 nitrogen and oxygen atoms in total. The summed E-state index contributed by atoms with van der Waals surface area (Å²) in [5.41, 5.74) is 2.92. The van der Waals surface area contributed by atoms with Gasteiger partial charge in [-0.15, -0.1) is 0 Å². The van der Waals surface area contributed by atoms with Gasteiger partial charge in [-0.1, -0.05) is 0 Å². The summed E-state index contributed by atoms with van der Waals surface area (Å²) in [5, 5.41) is 5.30. The number of aromatic nitrogens is 4. The Bertz CT molecular complexity index is 575. The van der Waals surface area contributed by atoms with Crippen molar-refractivity contribution in [3.63, 3.8) is 0 Å². The predicted octanol–water partition coefficient (Wildman–Crippen LogP) is 1.52. The minimum atomic E-state index is 0.882. The summed E-state index contributed by atoms with van der Waals surface area (Å²) in [7, 11) is 0. The van der Waals surface area contributed by atoms with E-state index in [1.165, 1.54) is 0 Å². The third-order valence-corrected chi connectivity index (χ3v) is 2.23. The van der Waals surface area contributed by atoms with Crippen LogP contribution in [-0.4, -0.2) is 19.6 Å². The first kappa shape index (κ1) is 6.65. The number of aryl methyl sites for hydroxylation is 1. The molecule has 0 aliphatic heterocycles. The van der Waals surface area contributed by atoms with Gasteiger partial charge in [0, 0.05) is 17.6 Å². The Labute approximate surface area is 74.2 Å². The van der Waals surface area contributed by atoms with E-state index in [1.807, 2.05) is 29.8 Å². The fourth-order valence-corrected chi connectivity index (χ4v) is 1.61. The molecule has 0 bridgehead atoms. The van der Waals surface area contributed by atoms with Crippen molar-refractivity contribution in [2.24, 2.45) is 0 Å². The molecule has 0 saturated heterocycles. The molecule has 0 aliphatic rings. The highest BCUT2D eigenvalue weighted by Crippen LogP contribution is 2.15. The Morgan fingerprint density at radius 3 is 3.23 bits per heavy atom. The quantitative estimate of drug-likeness (QED) is 0.558. The highest BCUT2D eigenvalue weighted by Gasteiger charge is 2.05. The zero-order valence-corrected chi connectivity index (χ0v) is 7.15. The third kappa shape index (κ3) is 0.744. The largest absolute Gasteiger partial charge is 0.346 e. The summed E-state index contributed by atoms with van der Waals surface area (Å²) in [4.78, 5) is 7.57. The molecular weight excluding hydrogens is 164 g/mol. The molecule has 3 heterocycles. The van der Waals surface area contributed by atoms with Gasteiger partial charge in [0.05, 0.1) is 11.9 Å². The zero-order valence-electron chi connectivity index (χ0n) is 7.15. The summed E-state index contributed by atoms with van der Waals surface area (Å²) in [6.07, 6.45) is 3.66. The monoisotopic (exact) mass is 172 g/mol. The van der Waals surface area contributed by atoms with Crippen LogP contribution in [0.15, 0.2) is 24.5 Å². The van der Waals surface area contributed by atoms with E-state index in [4.69, 9.17) is 0 Å². The van der Waals surface area contributed by atoms with Crippen LogP contribution in [0.25, 0.3) is 16.7 Å². The minimum absolute atomic E-state index is 0.882. The van der Waals surface area contributed by atoms with Crippen LogP contribution in [0.3, 0.4) is 0 Å². The van der Waals surface area contributed by atoms with Crippen LogP contribution in [0, 0.1) is 6.92 Å². The van der Waals surface area contributed by atoms with Gasteiger partial charge in [0.25, 0.3) is 0 Å². The lowest BCUT2D eigenvalue weighted by atomic mass is 10.3. The number of nitrogens with zero attached hydrogens (tertiary/aromatic N) is 3. The maximum Gasteiger partial charge on any atom is 0.157 e. The summed E-state index contributed by atoms with van der Waals surface area (Å²) in [6.45, 7) is 2.00. The second-order valence-electron chi connectivity index (χ2n) is 3.04. The van der Waals surface area contributed by atoms with Gasteiger partial charge in [-0.25, -0.2) is 4.98 Å². The lowest BCUT2D eigenvalue weighted by Gasteiger charge is -1.98. The van der Waals surface area contributed by atoms with Gasteiger partial charge < -0.3 is 4.98 Å². The van der Waals surface area contributed by atoms with E-state index in [0.29, 0.717) is 0 Å². The van der Waals surface area contributed by atoms with Crippen molar-refractivity contribution in [2.75, 3.05) is 0 Å². The first-order valence-electron chi connectivity index (χ1n) is 4.14. The highest BCUT2D eigenvalue weighted by atomic mass is 15.3. The molecule has 0 spiro atoms. The van der Waals surface area contributed by atoms with Crippen LogP contribution in [-0.2, 0) is 0 Å². The second kappa shape index (κ2) is 2.10. The first-order valence-corrected chi connectivity index (χ1v) is 4.14. The average molecular weight is 172 g/mol. The van der Waals surface area contributed by atoms with Crippen LogP contribution in [0.4, 0.5) is 0 Å². The van der Waals surface area contributed by atoms with Gasteiger partial charge in [0.1, 0.15) is 5.65 Å². The van der Waals surface area contributed by atoms with Gasteiger partial charge in [-0.2, -0.15) is 9.61 Å². The lowest BCUT2D eigenvalue weighted by Crippen LogP contribution is -1.94. The normalized spacial score (nSPS) is 11.5. The van der Waals surface area contributed by atoms with E-state index in [1.54, 1.807) is 6.20 Å². The smallest absolute Gasteiger partial charge is 0.157 e. The number of nitrogens with one attached hydrogen (secondary N) is 1. The van der Waals surface area contributed by atoms with Crippen molar-refractivity contribution in [3.05, 3.63) is 30.2 Å². The van der Waals surface area contributed by atoms with Gasteiger partial charge in [0.2, 0.25) is 0 Å². The van der Waals surface area contributed by atoms with Crippen LogP contribution < -0.4 is 0 Å². The molecule has 3 aromatic heterocycles. The Kier molecular flexibility index (Phi) is 1.07. The average Bonchev–Trinajstić information content (AvgIpc) is 2.66. The Hall–Kier alpha value is -1.84. The minimum Gasteiger partial charge on any atom is -0.346 e. The summed E-state index contributed by atoms with van der Waals surface area (Å²) in [5.74, 6) is 0. The number of aromatic amines is 1. The van der Waals surface area contributed by atoms with Crippen LogP contribution in [0.2, 0.25) is 0 Å². The fourth-order valence-electron chi connectivity index (χ4n) is 1.61. The molecule has 0 fully saturated rings. The SMILES string of the molecule is Cc1nc2ccnn2c2[nH]ccc12. The predicted molar refractivity (Wildman–Crippen MR) is 49.6 cm³/mol. The lowest BCUT2D eigenvalue weighted by molar-refractivity contribution is 0.962. The third-order valence-electron chi connectivity index (χ3n) is 2.23. The number of fused-ring (bicyclic) bond motifs is 3. The molecule has 0 atom stereocenters. The van der Waals surface area contributed by atoms with Crippen molar-refractivity contribution in [1.82, 2.24) is 19.6 Å². The molecule has 3 rings (SSSR count). The fraction of sp³-hybridized carbons (Fsp3) is 0.111. The van der Waals surface area contributed by atoms with Gasteiger partial charge in [-0.3, -0.25) is 0 Å². The molecule has 0 unspecified atom stereocenters. The zero-order chi connectivity index (χ0) is 8.84. The molecule has 0 saturated carbocycles. The maximum absolute atomic E-state index is 4.42. The van der Waals surface area contributed by atoms with E-state index in [9.17, 15) is 0 Å². The van der Waals surface area contributed by atoms with Crippen molar-refractivity contribution < 1.29 is 0 Å².